The molecule has 0 aliphatic carbocycles. The van der Waals surface area contributed by atoms with Crippen LogP contribution in [0.5, 0.6) is 0 Å². The van der Waals surface area contributed by atoms with Gasteiger partial charge in [0.25, 0.3) is 0 Å². The first-order valence-electron chi connectivity index (χ1n) is 7.07. The largest absolute Gasteiger partial charge is 2.00 e. The van der Waals surface area contributed by atoms with E-state index in [2.05, 4.69) is 85.9 Å². The molecule has 0 amide bonds. The first kappa shape index (κ1) is 19.5. The van der Waals surface area contributed by atoms with Gasteiger partial charge in [0.15, 0.2) is 0 Å². The third kappa shape index (κ3) is 3.40. The average Bonchev–Trinajstić information content (AvgIpc) is 2.16. The number of rotatable bonds is 2. The van der Waals surface area contributed by atoms with Gasteiger partial charge in [-0.05, 0) is 38.6 Å². The summed E-state index contributed by atoms with van der Waals surface area (Å²) in [5.41, 5.74) is 0.378. The van der Waals surface area contributed by atoms with E-state index in [-0.39, 0.29) is 40.5 Å². The van der Waals surface area contributed by atoms with Crippen LogP contribution < -0.4 is 10.6 Å². The molecule has 1 aliphatic rings. The second-order valence-electron chi connectivity index (χ2n) is 7.92. The molecule has 0 aromatic carbocycles. The summed E-state index contributed by atoms with van der Waals surface area (Å²) in [6.07, 6.45) is 2.48. The zero-order chi connectivity index (χ0) is 14.4. The Balaban J connectivity index is 0.00000324. The molecule has 19 heavy (non-hydrogen) atoms. The van der Waals surface area contributed by atoms with E-state index < -0.39 is 0 Å². The quantitative estimate of drug-likeness (QED) is 0.763. The molecular weight excluding hydrogens is 271 g/mol. The molecule has 1 aliphatic heterocycles. The fourth-order valence-electron chi connectivity index (χ4n) is 2.76. The van der Waals surface area contributed by atoms with Gasteiger partial charge in [-0.2, -0.15) is 6.92 Å². The number of nitrogens with one attached hydrogen (secondary N) is 2. The van der Waals surface area contributed by atoms with E-state index >= 15 is 0 Å². The van der Waals surface area contributed by atoms with E-state index in [1.807, 2.05) is 0 Å². The van der Waals surface area contributed by atoms with Crippen LogP contribution in [-0.4, -0.2) is 17.1 Å². The first-order valence-corrected chi connectivity index (χ1v) is 7.07. The second kappa shape index (κ2) is 5.71. The molecule has 1 unspecified atom stereocenters. The molecule has 0 saturated carbocycles. The molecule has 3 heteroatoms. The second-order valence-corrected chi connectivity index (χ2v) is 7.92. The van der Waals surface area contributed by atoms with Gasteiger partial charge in [-0.25, -0.2) is 0 Å². The summed E-state index contributed by atoms with van der Waals surface area (Å²) in [5, 5.41) is 7.42. The summed E-state index contributed by atoms with van der Waals surface area (Å²) >= 11 is 0. The maximum atomic E-state index is 3.88. The van der Waals surface area contributed by atoms with Crippen LogP contribution >= 0.6 is 0 Å². The molecule has 1 saturated heterocycles. The van der Waals surface area contributed by atoms with Gasteiger partial charge in [-0.3, -0.25) is 6.54 Å². The van der Waals surface area contributed by atoms with Gasteiger partial charge in [0.2, 0.25) is 0 Å². The Hall–Kier alpha value is 0.504. The molecule has 0 bridgehead atoms. The summed E-state index contributed by atoms with van der Waals surface area (Å²) in [7, 11) is 0. The SMILES string of the molecule is C[CH-]NC1[CH-]C(C)(C)C(C)(C)NC(C)(C)C1(C)C.[V+2]. The van der Waals surface area contributed by atoms with Gasteiger partial charge >= 0.3 is 18.6 Å². The number of hydrogen-bond donors (Lipinski definition) is 2. The van der Waals surface area contributed by atoms with Crippen molar-refractivity contribution in [3.05, 3.63) is 13.0 Å². The topological polar surface area (TPSA) is 24.1 Å². The molecule has 1 rings (SSSR count). The van der Waals surface area contributed by atoms with E-state index in [0.29, 0.717) is 6.04 Å². The molecule has 2 nitrogen and oxygen atoms in total. The van der Waals surface area contributed by atoms with Gasteiger partial charge in [0.05, 0.1) is 0 Å². The predicted octanol–water partition coefficient (Wildman–Crippen LogP) is 3.54. The summed E-state index contributed by atoms with van der Waals surface area (Å²) < 4.78 is 0. The minimum absolute atomic E-state index is 0. The molecular formula is C16H32N2V. The van der Waals surface area contributed by atoms with Crippen molar-refractivity contribution in [2.45, 2.75) is 79.4 Å². The predicted molar refractivity (Wildman–Crippen MR) is 80.1 cm³/mol. The van der Waals surface area contributed by atoms with Crippen molar-refractivity contribution in [3.8, 4) is 0 Å². The molecule has 1 atom stereocenters. The van der Waals surface area contributed by atoms with Crippen molar-refractivity contribution in [3.63, 3.8) is 0 Å². The minimum Gasteiger partial charge on any atom is -0.492 e. The molecule has 1 heterocycles. The monoisotopic (exact) mass is 303 g/mol. The molecule has 111 valence electrons. The molecule has 0 aromatic rings. The van der Waals surface area contributed by atoms with Crippen molar-refractivity contribution in [2.75, 3.05) is 0 Å². The molecule has 1 fully saturated rings. The standard InChI is InChI=1S/C16H32N2.V/c1-10-17-12-11-13(2,3)15(6,7)18-16(8,9)14(12,4)5;/h10-12,17-18H,1-9H3;/q-2;+2. The number of hydrogen-bond acceptors (Lipinski definition) is 2. The fraction of sp³-hybridized carbons (Fsp3) is 0.875. The smallest absolute Gasteiger partial charge is 0.492 e. The van der Waals surface area contributed by atoms with Gasteiger partial charge in [0.1, 0.15) is 0 Å². The maximum absolute atomic E-state index is 3.88. The van der Waals surface area contributed by atoms with E-state index in [0.717, 1.165) is 0 Å². The van der Waals surface area contributed by atoms with Crippen molar-refractivity contribution >= 4 is 0 Å². The van der Waals surface area contributed by atoms with Crippen LogP contribution in [0.25, 0.3) is 0 Å². The summed E-state index contributed by atoms with van der Waals surface area (Å²) in [6, 6.07) is 0.363. The van der Waals surface area contributed by atoms with Crippen LogP contribution in [0.4, 0.5) is 0 Å². The van der Waals surface area contributed by atoms with Gasteiger partial charge in [0, 0.05) is 5.54 Å². The molecule has 1 radical (unpaired) electrons. The van der Waals surface area contributed by atoms with Crippen molar-refractivity contribution in [2.24, 2.45) is 10.8 Å². The Morgan fingerprint density at radius 1 is 0.947 bits per heavy atom. The summed E-state index contributed by atoms with van der Waals surface area (Å²) in [4.78, 5) is 0. The van der Waals surface area contributed by atoms with Crippen LogP contribution in [0.3, 0.4) is 0 Å². The van der Waals surface area contributed by atoms with E-state index in [1.54, 1.807) is 0 Å². The maximum Gasteiger partial charge on any atom is 2.00 e. The van der Waals surface area contributed by atoms with Crippen LogP contribution in [0, 0.1) is 23.8 Å². The normalized spacial score (nSPS) is 31.1. The Morgan fingerprint density at radius 2 is 1.42 bits per heavy atom. The fourth-order valence-corrected chi connectivity index (χ4v) is 2.76. The molecule has 0 aromatic heterocycles. The van der Waals surface area contributed by atoms with Crippen LogP contribution in [0.1, 0.15) is 62.3 Å². The van der Waals surface area contributed by atoms with Crippen molar-refractivity contribution in [1.82, 2.24) is 10.6 Å². The Bertz CT molecular complexity index is 306. The third-order valence-electron chi connectivity index (χ3n) is 5.55. The van der Waals surface area contributed by atoms with Gasteiger partial charge < -0.3 is 17.1 Å². The molecule has 2 N–H and O–H groups in total. The summed E-state index contributed by atoms with van der Waals surface area (Å²) in [6.45, 7) is 22.7. The zero-order valence-corrected chi connectivity index (χ0v) is 15.6. The van der Waals surface area contributed by atoms with E-state index in [9.17, 15) is 0 Å². The van der Waals surface area contributed by atoms with Gasteiger partial charge in [-0.1, -0.05) is 27.7 Å². The van der Waals surface area contributed by atoms with Gasteiger partial charge in [-0.15, -0.1) is 11.5 Å². The minimum atomic E-state index is 0. The van der Waals surface area contributed by atoms with Crippen LogP contribution in [0.15, 0.2) is 0 Å². The Labute approximate surface area is 132 Å². The Kier molecular flexibility index (Phi) is 5.86. The van der Waals surface area contributed by atoms with E-state index in [1.165, 1.54) is 0 Å². The average molecular weight is 303 g/mol. The van der Waals surface area contributed by atoms with Crippen molar-refractivity contribution in [1.29, 1.82) is 0 Å². The Morgan fingerprint density at radius 3 is 1.84 bits per heavy atom. The van der Waals surface area contributed by atoms with E-state index in [4.69, 9.17) is 0 Å². The zero-order valence-electron chi connectivity index (χ0n) is 14.2. The van der Waals surface area contributed by atoms with Crippen LogP contribution in [0.2, 0.25) is 0 Å². The summed E-state index contributed by atoms with van der Waals surface area (Å²) in [5.74, 6) is 0. The molecule has 0 spiro atoms. The third-order valence-corrected chi connectivity index (χ3v) is 5.55. The van der Waals surface area contributed by atoms with Crippen LogP contribution in [-0.2, 0) is 18.6 Å². The first-order chi connectivity index (χ1) is 7.87. The van der Waals surface area contributed by atoms with Crippen molar-refractivity contribution < 1.29 is 18.6 Å².